The molecule has 2 N–H and O–H groups in total. The number of rotatable bonds is 9. The van der Waals surface area contributed by atoms with Gasteiger partial charge in [-0.3, -0.25) is 4.79 Å². The molecule has 3 rings (SSSR count). The lowest BCUT2D eigenvalue weighted by Crippen LogP contribution is -2.46. The van der Waals surface area contributed by atoms with Gasteiger partial charge in [0.05, 0.1) is 0 Å². The maximum atomic E-state index is 13.6. The largest absolute Gasteiger partial charge is 0.352 e. The molecule has 1 amide bonds. The smallest absolute Gasteiger partial charge is 0.219 e. The van der Waals surface area contributed by atoms with Crippen molar-refractivity contribution in [2.75, 3.05) is 6.54 Å². The number of nitrogens with one attached hydrogen (secondary N) is 2. The van der Waals surface area contributed by atoms with Crippen LogP contribution in [0.2, 0.25) is 0 Å². The Morgan fingerprint density at radius 2 is 1.87 bits per heavy atom. The summed E-state index contributed by atoms with van der Waals surface area (Å²) in [6.45, 7) is 4.52. The molecule has 0 saturated heterocycles. The molecule has 1 aliphatic carbocycles. The first kappa shape index (κ1) is 23.7. The Morgan fingerprint density at radius 1 is 1.13 bits per heavy atom. The quantitative estimate of drug-likeness (QED) is 0.478. The van der Waals surface area contributed by atoms with Gasteiger partial charge in [-0.05, 0) is 66.5 Å². The minimum Gasteiger partial charge on any atom is -0.352 e. The van der Waals surface area contributed by atoms with E-state index in [1.54, 1.807) is 6.92 Å². The average molecular weight is 447 g/mol. The van der Waals surface area contributed by atoms with Crippen molar-refractivity contribution in [2.24, 2.45) is 0 Å². The number of carbonyl (C=O) groups excluding carboxylic acids is 1. The SMILES string of the molecule is CCC(=O)NC(Cc1cc(F)cc(F)c1)C(S)CNC1CCCc2ccc(CC)cc21. The molecule has 2 aromatic carbocycles. The summed E-state index contributed by atoms with van der Waals surface area (Å²) in [6, 6.07) is 10.1. The number of hydrogen-bond donors (Lipinski definition) is 3. The van der Waals surface area contributed by atoms with Crippen molar-refractivity contribution in [1.82, 2.24) is 10.6 Å². The van der Waals surface area contributed by atoms with Gasteiger partial charge in [0.1, 0.15) is 11.6 Å². The topological polar surface area (TPSA) is 41.1 Å². The minimum atomic E-state index is -0.616. The fourth-order valence-electron chi connectivity index (χ4n) is 4.26. The molecule has 0 heterocycles. The fraction of sp³-hybridized carbons (Fsp3) is 0.480. The van der Waals surface area contributed by atoms with E-state index in [-0.39, 0.29) is 23.2 Å². The van der Waals surface area contributed by atoms with E-state index < -0.39 is 11.6 Å². The van der Waals surface area contributed by atoms with Gasteiger partial charge < -0.3 is 10.6 Å². The predicted molar refractivity (Wildman–Crippen MR) is 125 cm³/mol. The highest BCUT2D eigenvalue weighted by Crippen LogP contribution is 2.31. The van der Waals surface area contributed by atoms with Crippen LogP contribution in [0.4, 0.5) is 8.78 Å². The molecule has 2 aromatic rings. The van der Waals surface area contributed by atoms with Crippen LogP contribution in [0.25, 0.3) is 0 Å². The van der Waals surface area contributed by atoms with Gasteiger partial charge >= 0.3 is 0 Å². The normalized spacial score (nSPS) is 17.6. The third-order valence-electron chi connectivity index (χ3n) is 6.02. The highest BCUT2D eigenvalue weighted by molar-refractivity contribution is 7.81. The molecule has 0 radical (unpaired) electrons. The summed E-state index contributed by atoms with van der Waals surface area (Å²) < 4.78 is 27.3. The average Bonchev–Trinajstić information content (AvgIpc) is 2.75. The highest BCUT2D eigenvalue weighted by atomic mass is 32.1. The van der Waals surface area contributed by atoms with Crippen LogP contribution >= 0.6 is 12.6 Å². The molecule has 1 aliphatic rings. The maximum Gasteiger partial charge on any atom is 0.219 e. The first-order valence-electron chi connectivity index (χ1n) is 11.2. The lowest BCUT2D eigenvalue weighted by Gasteiger charge is -2.30. The number of carbonyl (C=O) groups is 1. The van der Waals surface area contributed by atoms with E-state index in [0.29, 0.717) is 24.9 Å². The van der Waals surface area contributed by atoms with Crippen molar-refractivity contribution in [2.45, 2.75) is 69.7 Å². The number of benzene rings is 2. The summed E-state index contributed by atoms with van der Waals surface area (Å²) in [4.78, 5) is 12.1. The Hall–Kier alpha value is -1.92. The molecule has 6 heteroatoms. The maximum absolute atomic E-state index is 13.6. The molecule has 0 bridgehead atoms. The summed E-state index contributed by atoms with van der Waals surface area (Å²) in [5.74, 6) is -1.33. The van der Waals surface area contributed by atoms with Gasteiger partial charge in [0.2, 0.25) is 5.91 Å². The van der Waals surface area contributed by atoms with Crippen molar-refractivity contribution in [3.8, 4) is 0 Å². The molecular weight excluding hydrogens is 414 g/mol. The van der Waals surface area contributed by atoms with Crippen LogP contribution in [0, 0.1) is 11.6 Å². The number of aryl methyl sites for hydroxylation is 2. The first-order chi connectivity index (χ1) is 14.9. The lowest BCUT2D eigenvalue weighted by atomic mass is 9.86. The zero-order chi connectivity index (χ0) is 22.4. The number of thiol groups is 1. The Labute approximate surface area is 189 Å². The van der Waals surface area contributed by atoms with E-state index in [0.717, 1.165) is 31.7 Å². The number of hydrogen-bond acceptors (Lipinski definition) is 3. The van der Waals surface area contributed by atoms with Gasteiger partial charge in [-0.2, -0.15) is 12.6 Å². The second kappa shape index (κ2) is 11.1. The summed E-state index contributed by atoms with van der Waals surface area (Å²) in [5, 5.41) is 6.41. The number of halogens is 2. The van der Waals surface area contributed by atoms with Crippen LogP contribution in [-0.2, 0) is 24.1 Å². The lowest BCUT2D eigenvalue weighted by molar-refractivity contribution is -0.121. The van der Waals surface area contributed by atoms with Crippen molar-refractivity contribution in [3.63, 3.8) is 0 Å². The zero-order valence-corrected chi connectivity index (χ0v) is 19.2. The molecule has 168 valence electrons. The molecule has 0 saturated carbocycles. The van der Waals surface area contributed by atoms with Crippen LogP contribution in [-0.4, -0.2) is 23.7 Å². The van der Waals surface area contributed by atoms with Gasteiger partial charge in [0.25, 0.3) is 0 Å². The monoisotopic (exact) mass is 446 g/mol. The van der Waals surface area contributed by atoms with E-state index in [2.05, 4.69) is 35.8 Å². The Bertz CT molecular complexity index is 885. The van der Waals surface area contributed by atoms with Crippen LogP contribution < -0.4 is 10.6 Å². The predicted octanol–water partition coefficient (Wildman–Crippen LogP) is 4.93. The molecule has 0 fully saturated rings. The molecule has 0 spiro atoms. The Balaban J connectivity index is 1.70. The second-order valence-electron chi connectivity index (χ2n) is 8.32. The van der Waals surface area contributed by atoms with Gasteiger partial charge in [0, 0.05) is 36.4 Å². The van der Waals surface area contributed by atoms with E-state index in [9.17, 15) is 13.6 Å². The number of amides is 1. The molecule has 3 unspecified atom stereocenters. The highest BCUT2D eigenvalue weighted by Gasteiger charge is 2.25. The molecular formula is C25H32F2N2OS. The Morgan fingerprint density at radius 3 is 2.55 bits per heavy atom. The molecule has 31 heavy (non-hydrogen) atoms. The first-order valence-corrected chi connectivity index (χ1v) is 11.7. The van der Waals surface area contributed by atoms with Crippen molar-refractivity contribution < 1.29 is 13.6 Å². The summed E-state index contributed by atoms with van der Waals surface area (Å²) in [6.07, 6.45) is 4.95. The van der Waals surface area contributed by atoms with Crippen LogP contribution in [0.15, 0.2) is 36.4 Å². The van der Waals surface area contributed by atoms with E-state index in [4.69, 9.17) is 12.6 Å². The molecule has 0 aromatic heterocycles. The third kappa shape index (κ3) is 6.53. The van der Waals surface area contributed by atoms with Gasteiger partial charge in [-0.1, -0.05) is 32.0 Å². The van der Waals surface area contributed by atoms with E-state index >= 15 is 0 Å². The Kier molecular flexibility index (Phi) is 8.50. The standard InChI is InChI=1S/C25H32F2N2OS/c1-3-16-8-9-18-6-5-7-22(21(18)12-16)28-15-24(31)23(29-25(30)4-2)13-17-10-19(26)14-20(27)11-17/h8-12,14,22-24,28,31H,3-7,13,15H2,1-2H3,(H,29,30). The molecule has 3 nitrogen and oxygen atoms in total. The van der Waals surface area contributed by atoms with Crippen LogP contribution in [0.1, 0.15) is 61.4 Å². The molecule has 3 atom stereocenters. The fourth-order valence-corrected chi connectivity index (χ4v) is 4.55. The molecule has 0 aliphatic heterocycles. The third-order valence-corrected chi connectivity index (χ3v) is 6.56. The van der Waals surface area contributed by atoms with Gasteiger partial charge in [0.15, 0.2) is 0 Å². The number of fused-ring (bicyclic) bond motifs is 1. The van der Waals surface area contributed by atoms with Gasteiger partial charge in [-0.15, -0.1) is 0 Å². The van der Waals surface area contributed by atoms with Crippen LogP contribution in [0.5, 0.6) is 0 Å². The minimum absolute atomic E-state index is 0.100. The van der Waals surface area contributed by atoms with E-state index in [1.165, 1.54) is 28.8 Å². The van der Waals surface area contributed by atoms with Crippen molar-refractivity contribution in [3.05, 3.63) is 70.3 Å². The van der Waals surface area contributed by atoms with Crippen molar-refractivity contribution in [1.29, 1.82) is 0 Å². The van der Waals surface area contributed by atoms with E-state index in [1.807, 2.05) is 0 Å². The summed E-state index contributed by atoms with van der Waals surface area (Å²) >= 11 is 4.76. The van der Waals surface area contributed by atoms with Crippen molar-refractivity contribution >= 4 is 18.5 Å². The van der Waals surface area contributed by atoms with Gasteiger partial charge in [-0.25, -0.2) is 8.78 Å². The second-order valence-corrected chi connectivity index (χ2v) is 8.98. The summed E-state index contributed by atoms with van der Waals surface area (Å²) in [7, 11) is 0. The van der Waals surface area contributed by atoms with Crippen LogP contribution in [0.3, 0.4) is 0 Å². The summed E-state index contributed by atoms with van der Waals surface area (Å²) in [5.41, 5.74) is 4.58. The zero-order valence-electron chi connectivity index (χ0n) is 18.3.